The fourth-order valence-electron chi connectivity index (χ4n) is 3.08. The first kappa shape index (κ1) is 19.5. The lowest BCUT2D eigenvalue weighted by Gasteiger charge is -2.28. The summed E-state index contributed by atoms with van der Waals surface area (Å²) < 4.78 is 16.1. The zero-order chi connectivity index (χ0) is 19.9. The molecule has 0 aliphatic carbocycles. The van der Waals surface area contributed by atoms with Crippen molar-refractivity contribution in [2.45, 2.75) is 19.3 Å². The Bertz CT molecular complexity index is 852. The van der Waals surface area contributed by atoms with E-state index in [0.29, 0.717) is 35.9 Å². The molecule has 7 nitrogen and oxygen atoms in total. The summed E-state index contributed by atoms with van der Waals surface area (Å²) in [6.07, 6.45) is 2.43. The van der Waals surface area contributed by atoms with Gasteiger partial charge in [-0.25, -0.2) is 0 Å². The van der Waals surface area contributed by atoms with Gasteiger partial charge in [0.15, 0.2) is 6.61 Å². The summed E-state index contributed by atoms with van der Waals surface area (Å²) in [6.45, 7) is 0.539. The first-order valence-electron chi connectivity index (χ1n) is 9.16. The Balaban J connectivity index is 1.63. The molecule has 1 aliphatic heterocycles. The SMILES string of the molecule is COc1cccc(OCC(=O)Nc2ccc(N3CCCCC3=O)c(OC)c2)c1. The second kappa shape index (κ2) is 9.12. The number of nitrogens with one attached hydrogen (secondary N) is 1. The summed E-state index contributed by atoms with van der Waals surface area (Å²) in [5.41, 5.74) is 1.29. The van der Waals surface area contributed by atoms with Gasteiger partial charge in [-0.1, -0.05) is 6.07 Å². The standard InChI is InChI=1S/C21H24N2O5/c1-26-16-6-5-7-17(13-16)28-14-20(24)22-15-9-10-18(19(12-15)27-2)23-11-4-3-8-21(23)25/h5-7,9-10,12-13H,3-4,8,11,14H2,1-2H3,(H,22,24). The van der Waals surface area contributed by atoms with Gasteiger partial charge in [0.2, 0.25) is 5.91 Å². The van der Waals surface area contributed by atoms with Crippen LogP contribution in [-0.4, -0.2) is 39.2 Å². The van der Waals surface area contributed by atoms with E-state index in [0.717, 1.165) is 18.5 Å². The molecule has 0 aromatic heterocycles. The second-order valence-electron chi connectivity index (χ2n) is 6.40. The molecule has 2 aromatic rings. The molecule has 28 heavy (non-hydrogen) atoms. The van der Waals surface area contributed by atoms with Crippen LogP contribution in [0.5, 0.6) is 17.2 Å². The lowest BCUT2D eigenvalue weighted by molar-refractivity contribution is -0.119. The number of ether oxygens (including phenoxy) is 3. The molecular formula is C21H24N2O5. The minimum Gasteiger partial charge on any atom is -0.497 e. The predicted molar refractivity (Wildman–Crippen MR) is 106 cm³/mol. The first-order valence-corrected chi connectivity index (χ1v) is 9.16. The molecule has 0 spiro atoms. The first-order chi connectivity index (χ1) is 13.6. The average molecular weight is 384 g/mol. The molecule has 2 aromatic carbocycles. The number of carbonyl (C=O) groups is 2. The maximum atomic E-state index is 12.2. The highest BCUT2D eigenvalue weighted by Crippen LogP contribution is 2.33. The third-order valence-electron chi connectivity index (χ3n) is 4.49. The quantitative estimate of drug-likeness (QED) is 0.793. The number of amides is 2. The van der Waals surface area contributed by atoms with Gasteiger partial charge in [-0.2, -0.15) is 0 Å². The number of anilines is 2. The lowest BCUT2D eigenvalue weighted by atomic mass is 10.1. The minimum absolute atomic E-state index is 0.0908. The Hall–Kier alpha value is -3.22. The van der Waals surface area contributed by atoms with E-state index in [9.17, 15) is 9.59 Å². The summed E-state index contributed by atoms with van der Waals surface area (Å²) in [6, 6.07) is 12.3. The van der Waals surface area contributed by atoms with Gasteiger partial charge in [0.1, 0.15) is 17.2 Å². The third-order valence-corrected chi connectivity index (χ3v) is 4.49. The van der Waals surface area contributed by atoms with Crippen LogP contribution in [0, 0.1) is 0 Å². The van der Waals surface area contributed by atoms with Gasteiger partial charge < -0.3 is 24.4 Å². The van der Waals surface area contributed by atoms with Gasteiger partial charge in [0, 0.05) is 30.8 Å². The fourth-order valence-corrected chi connectivity index (χ4v) is 3.08. The summed E-state index contributed by atoms with van der Waals surface area (Å²) >= 11 is 0. The molecule has 1 saturated heterocycles. The zero-order valence-corrected chi connectivity index (χ0v) is 16.1. The maximum Gasteiger partial charge on any atom is 0.262 e. The normalized spacial score (nSPS) is 13.8. The highest BCUT2D eigenvalue weighted by atomic mass is 16.5. The number of piperidine rings is 1. The molecular weight excluding hydrogens is 360 g/mol. The molecule has 0 saturated carbocycles. The van der Waals surface area contributed by atoms with Crippen molar-refractivity contribution in [3.63, 3.8) is 0 Å². The van der Waals surface area contributed by atoms with Crippen LogP contribution in [0.25, 0.3) is 0 Å². The van der Waals surface area contributed by atoms with E-state index in [1.54, 1.807) is 61.6 Å². The molecule has 0 bridgehead atoms. The number of nitrogens with zero attached hydrogens (tertiary/aromatic N) is 1. The number of rotatable bonds is 7. The predicted octanol–water partition coefficient (Wildman–Crippen LogP) is 3.24. The van der Waals surface area contributed by atoms with Crippen LogP contribution in [0.4, 0.5) is 11.4 Å². The number of hydrogen-bond donors (Lipinski definition) is 1. The third kappa shape index (κ3) is 4.73. The molecule has 2 amide bonds. The molecule has 0 atom stereocenters. The van der Waals surface area contributed by atoms with Crippen LogP contribution in [0.15, 0.2) is 42.5 Å². The highest BCUT2D eigenvalue weighted by molar-refractivity contribution is 5.97. The van der Waals surface area contributed by atoms with Crippen molar-refractivity contribution < 1.29 is 23.8 Å². The van der Waals surface area contributed by atoms with Gasteiger partial charge >= 0.3 is 0 Å². The minimum atomic E-state index is -0.299. The van der Waals surface area contributed by atoms with Crippen molar-refractivity contribution in [3.05, 3.63) is 42.5 Å². The molecule has 1 N–H and O–H groups in total. The summed E-state index contributed by atoms with van der Waals surface area (Å²) in [7, 11) is 3.12. The lowest BCUT2D eigenvalue weighted by Crippen LogP contribution is -2.35. The molecule has 1 aliphatic rings. The van der Waals surface area contributed by atoms with E-state index in [1.807, 2.05) is 0 Å². The highest BCUT2D eigenvalue weighted by Gasteiger charge is 2.22. The maximum absolute atomic E-state index is 12.2. The summed E-state index contributed by atoms with van der Waals surface area (Å²) in [5, 5.41) is 2.78. The fraction of sp³-hybridized carbons (Fsp3) is 0.333. The van der Waals surface area contributed by atoms with Gasteiger partial charge in [0.25, 0.3) is 5.91 Å². The van der Waals surface area contributed by atoms with Crippen molar-refractivity contribution >= 4 is 23.2 Å². The smallest absolute Gasteiger partial charge is 0.262 e. The topological polar surface area (TPSA) is 77.1 Å². The molecule has 1 fully saturated rings. The van der Waals surface area contributed by atoms with E-state index >= 15 is 0 Å². The van der Waals surface area contributed by atoms with E-state index in [4.69, 9.17) is 14.2 Å². The van der Waals surface area contributed by atoms with Crippen LogP contribution in [-0.2, 0) is 9.59 Å². The van der Waals surface area contributed by atoms with E-state index in [-0.39, 0.29) is 18.4 Å². The summed E-state index contributed by atoms with van der Waals surface area (Å²) in [4.78, 5) is 26.1. The van der Waals surface area contributed by atoms with Crippen molar-refractivity contribution in [2.24, 2.45) is 0 Å². The number of carbonyl (C=O) groups excluding carboxylic acids is 2. The van der Waals surface area contributed by atoms with Crippen LogP contribution < -0.4 is 24.4 Å². The second-order valence-corrected chi connectivity index (χ2v) is 6.40. The van der Waals surface area contributed by atoms with Crippen LogP contribution in [0.3, 0.4) is 0 Å². The molecule has 1 heterocycles. The molecule has 0 radical (unpaired) electrons. The average Bonchev–Trinajstić information content (AvgIpc) is 2.73. The summed E-state index contributed by atoms with van der Waals surface area (Å²) in [5.74, 6) is 1.54. The molecule has 148 valence electrons. The Labute approximate surface area is 164 Å². The van der Waals surface area contributed by atoms with Crippen LogP contribution in [0.1, 0.15) is 19.3 Å². The Morgan fingerprint density at radius 3 is 2.64 bits per heavy atom. The largest absolute Gasteiger partial charge is 0.497 e. The Morgan fingerprint density at radius 2 is 1.89 bits per heavy atom. The molecule has 3 rings (SSSR count). The Kier molecular flexibility index (Phi) is 6.37. The molecule has 0 unspecified atom stereocenters. The zero-order valence-electron chi connectivity index (χ0n) is 16.1. The van der Waals surface area contributed by atoms with Gasteiger partial charge in [-0.3, -0.25) is 9.59 Å². The van der Waals surface area contributed by atoms with Crippen molar-refractivity contribution in [1.82, 2.24) is 0 Å². The van der Waals surface area contributed by atoms with Crippen molar-refractivity contribution in [1.29, 1.82) is 0 Å². The molecule has 7 heteroatoms. The van der Waals surface area contributed by atoms with E-state index in [1.165, 1.54) is 0 Å². The number of benzene rings is 2. The van der Waals surface area contributed by atoms with Crippen LogP contribution in [0.2, 0.25) is 0 Å². The van der Waals surface area contributed by atoms with Gasteiger partial charge in [0.05, 0.1) is 19.9 Å². The van der Waals surface area contributed by atoms with E-state index in [2.05, 4.69) is 5.32 Å². The number of hydrogen-bond acceptors (Lipinski definition) is 5. The Morgan fingerprint density at radius 1 is 1.07 bits per heavy atom. The van der Waals surface area contributed by atoms with E-state index < -0.39 is 0 Å². The van der Waals surface area contributed by atoms with Crippen molar-refractivity contribution in [2.75, 3.05) is 37.6 Å². The van der Waals surface area contributed by atoms with Gasteiger partial charge in [-0.05, 0) is 37.1 Å². The monoisotopic (exact) mass is 384 g/mol. The number of methoxy groups -OCH3 is 2. The van der Waals surface area contributed by atoms with Crippen molar-refractivity contribution in [3.8, 4) is 17.2 Å². The van der Waals surface area contributed by atoms with Gasteiger partial charge in [-0.15, -0.1) is 0 Å². The van der Waals surface area contributed by atoms with Crippen LogP contribution >= 0.6 is 0 Å².